The number of carbonyl (C=O) groups excluding carboxylic acids is 1. The van der Waals surface area contributed by atoms with Crippen molar-refractivity contribution >= 4 is 11.9 Å². The summed E-state index contributed by atoms with van der Waals surface area (Å²) in [6.07, 6.45) is 2.86. The molecule has 164 valence electrons. The van der Waals surface area contributed by atoms with Crippen molar-refractivity contribution in [2.75, 3.05) is 27.3 Å². The lowest BCUT2D eigenvalue weighted by Gasteiger charge is -2.33. The van der Waals surface area contributed by atoms with E-state index in [4.69, 9.17) is 14.2 Å². The van der Waals surface area contributed by atoms with Crippen molar-refractivity contribution in [2.24, 2.45) is 11.8 Å². The zero-order valence-electron chi connectivity index (χ0n) is 18.5. The number of nitrogens with one attached hydrogen (secondary N) is 1. The first-order valence-electron chi connectivity index (χ1n) is 10.7. The van der Waals surface area contributed by atoms with Crippen LogP contribution in [0.25, 0.3) is 6.08 Å². The van der Waals surface area contributed by atoms with Gasteiger partial charge in [0.2, 0.25) is 5.78 Å². The molecule has 0 spiro atoms. The fourth-order valence-electron chi connectivity index (χ4n) is 4.87. The normalized spacial score (nSPS) is 24.1. The summed E-state index contributed by atoms with van der Waals surface area (Å²) in [4.78, 5) is 14.4. The molecule has 2 aliphatic heterocycles. The monoisotopic (exact) mass is 423 g/mol. The van der Waals surface area contributed by atoms with E-state index in [1.54, 1.807) is 44.6 Å². The van der Waals surface area contributed by atoms with Gasteiger partial charge in [-0.3, -0.25) is 4.79 Å². The Bertz CT molecular complexity index is 1020. The number of allylic oxidation sites excluding steroid dienone is 1. The lowest BCUT2D eigenvalue weighted by molar-refractivity contribution is -0.925. The van der Waals surface area contributed by atoms with Crippen LogP contribution in [0.5, 0.6) is 23.0 Å². The lowest BCUT2D eigenvalue weighted by Crippen LogP contribution is -3.13. The van der Waals surface area contributed by atoms with Crippen molar-refractivity contribution in [3.8, 4) is 23.0 Å². The van der Waals surface area contributed by atoms with Gasteiger partial charge >= 0.3 is 0 Å². The van der Waals surface area contributed by atoms with Gasteiger partial charge in [0.05, 0.1) is 32.9 Å². The van der Waals surface area contributed by atoms with Crippen LogP contribution in [0.2, 0.25) is 0 Å². The van der Waals surface area contributed by atoms with Crippen molar-refractivity contribution < 1.29 is 29.0 Å². The molecule has 1 fully saturated rings. The minimum atomic E-state index is -0.225. The molecule has 4 rings (SSSR count). The quantitative estimate of drug-likeness (QED) is 0.748. The summed E-state index contributed by atoms with van der Waals surface area (Å²) in [6.45, 7) is 7.12. The molecule has 0 amide bonds. The number of carbonyl (C=O) groups is 1. The van der Waals surface area contributed by atoms with Crippen LogP contribution in [0, 0.1) is 11.8 Å². The van der Waals surface area contributed by atoms with Gasteiger partial charge in [0.25, 0.3) is 0 Å². The highest BCUT2D eigenvalue weighted by atomic mass is 16.5. The third-order valence-corrected chi connectivity index (χ3v) is 6.13. The number of hydrogen-bond donors (Lipinski definition) is 1. The Labute approximate surface area is 183 Å². The number of hydrogen-bond acceptors (Lipinski definition) is 5. The van der Waals surface area contributed by atoms with Crippen LogP contribution in [0.15, 0.2) is 36.1 Å². The smallest absolute Gasteiger partial charge is 0.231 e. The van der Waals surface area contributed by atoms with Gasteiger partial charge in [-0.1, -0.05) is 25.7 Å². The van der Waals surface area contributed by atoms with Crippen LogP contribution in [0.4, 0.5) is 0 Å². The molecule has 0 saturated carbocycles. The summed E-state index contributed by atoms with van der Waals surface area (Å²) in [5.41, 5.74) is 1.70. The van der Waals surface area contributed by atoms with Crippen molar-refractivity contribution in [2.45, 2.75) is 26.8 Å². The van der Waals surface area contributed by atoms with Crippen LogP contribution in [-0.2, 0) is 6.54 Å². The average molecular weight is 424 g/mol. The van der Waals surface area contributed by atoms with Gasteiger partial charge in [-0.05, 0) is 36.8 Å². The van der Waals surface area contributed by atoms with Gasteiger partial charge < -0.3 is 24.2 Å². The van der Waals surface area contributed by atoms with Crippen LogP contribution in [-0.4, -0.2) is 33.1 Å². The fraction of sp³-hybridized carbons (Fsp3) is 0.400. The molecule has 2 aromatic rings. The van der Waals surface area contributed by atoms with Crippen LogP contribution >= 0.6 is 0 Å². The van der Waals surface area contributed by atoms with E-state index in [2.05, 4.69) is 13.8 Å². The number of likely N-dealkylation sites (tertiary alicyclic amines) is 1. The van der Waals surface area contributed by atoms with E-state index < -0.39 is 0 Å². The Morgan fingerprint density at radius 3 is 2.55 bits per heavy atom. The van der Waals surface area contributed by atoms with Crippen molar-refractivity contribution in [3.63, 3.8) is 0 Å². The Balaban J connectivity index is 1.67. The summed E-state index contributed by atoms with van der Waals surface area (Å²) < 4.78 is 16.7. The second-order valence-corrected chi connectivity index (χ2v) is 8.75. The molecular weight excluding hydrogens is 394 g/mol. The maximum atomic E-state index is 13.0. The van der Waals surface area contributed by atoms with Gasteiger partial charge in [0, 0.05) is 23.0 Å². The number of ether oxygens (including phenoxy) is 3. The Hall–Kier alpha value is -2.99. The average Bonchev–Trinajstić information content (AvgIpc) is 3.05. The number of ketones is 1. The highest BCUT2D eigenvalue weighted by Crippen LogP contribution is 2.39. The number of methoxy groups -OCH3 is 2. The molecule has 1 N–H and O–H groups in total. The van der Waals surface area contributed by atoms with Gasteiger partial charge in [-0.2, -0.15) is 0 Å². The second kappa shape index (κ2) is 8.63. The summed E-state index contributed by atoms with van der Waals surface area (Å²) in [5.74, 6) is 2.77. The topological polar surface area (TPSA) is 72.3 Å². The summed E-state index contributed by atoms with van der Waals surface area (Å²) in [6, 6.07) is 8.41. The Kier molecular flexibility index (Phi) is 5.92. The largest absolute Gasteiger partial charge is 0.872 e. The predicted octanol–water partition coefficient (Wildman–Crippen LogP) is 2.45. The predicted molar refractivity (Wildman–Crippen MR) is 116 cm³/mol. The Morgan fingerprint density at radius 2 is 1.87 bits per heavy atom. The Morgan fingerprint density at radius 1 is 1.13 bits per heavy atom. The zero-order valence-corrected chi connectivity index (χ0v) is 18.5. The standard InChI is InChI=1S/C25H29NO5/c1-15-9-16(2)13-26(12-15)14-20-21(27)7-6-19-24(28)23(31-25(19)20)11-17-10-18(29-3)5-8-22(17)30-4/h5-8,10-11,15-16,27H,9,12-14H2,1-4H3/b23-11-. The molecule has 2 heterocycles. The molecule has 0 radical (unpaired) electrons. The van der Waals surface area contributed by atoms with E-state index in [-0.39, 0.29) is 17.3 Å². The van der Waals surface area contributed by atoms with E-state index in [1.165, 1.54) is 17.4 Å². The third-order valence-electron chi connectivity index (χ3n) is 6.13. The van der Waals surface area contributed by atoms with Crippen LogP contribution < -0.4 is 24.2 Å². The lowest BCUT2D eigenvalue weighted by atomic mass is 9.91. The van der Waals surface area contributed by atoms with Gasteiger partial charge in [-0.15, -0.1) is 0 Å². The number of fused-ring (bicyclic) bond motifs is 1. The van der Waals surface area contributed by atoms with Crippen molar-refractivity contribution in [1.82, 2.24) is 0 Å². The summed E-state index contributed by atoms with van der Waals surface area (Å²) in [5, 5.41) is 12.7. The zero-order chi connectivity index (χ0) is 22.1. The number of Topliss-reactive ketones (excluding diaryl/α,β-unsaturated/α-hetero) is 1. The molecule has 6 heteroatoms. The molecule has 6 nitrogen and oxygen atoms in total. The highest BCUT2D eigenvalue weighted by molar-refractivity contribution is 6.15. The van der Waals surface area contributed by atoms with E-state index in [1.807, 2.05) is 0 Å². The van der Waals surface area contributed by atoms with Gasteiger partial charge in [-0.25, -0.2) is 0 Å². The molecule has 1 saturated heterocycles. The van der Waals surface area contributed by atoms with E-state index in [0.717, 1.165) is 13.1 Å². The molecule has 2 aromatic carbocycles. The SMILES string of the molecule is COc1ccc(OC)c(/C=C2\Oc3c(ccc([O-])c3C[NH+]3CC(C)CC(C)C3)C2=O)c1. The third kappa shape index (κ3) is 4.26. The number of quaternary nitrogens is 1. The first kappa shape index (κ1) is 21.2. The summed E-state index contributed by atoms with van der Waals surface area (Å²) >= 11 is 0. The van der Waals surface area contributed by atoms with Gasteiger partial charge in [0.1, 0.15) is 23.8 Å². The molecule has 0 bridgehead atoms. The number of piperidine rings is 1. The molecule has 2 atom stereocenters. The molecule has 0 aromatic heterocycles. The number of benzene rings is 2. The highest BCUT2D eigenvalue weighted by Gasteiger charge is 2.33. The fourth-order valence-corrected chi connectivity index (χ4v) is 4.87. The second-order valence-electron chi connectivity index (χ2n) is 8.75. The van der Waals surface area contributed by atoms with Crippen molar-refractivity contribution in [3.05, 3.63) is 52.8 Å². The van der Waals surface area contributed by atoms with Crippen molar-refractivity contribution in [1.29, 1.82) is 0 Å². The molecule has 2 aliphatic rings. The van der Waals surface area contributed by atoms with Gasteiger partial charge in [0.15, 0.2) is 5.76 Å². The first-order chi connectivity index (χ1) is 14.9. The maximum absolute atomic E-state index is 13.0. The minimum Gasteiger partial charge on any atom is -0.872 e. The maximum Gasteiger partial charge on any atom is 0.231 e. The molecular formula is C25H29NO5. The van der Waals surface area contributed by atoms with E-state index in [0.29, 0.717) is 52.3 Å². The minimum absolute atomic E-state index is 0.0786. The van der Waals surface area contributed by atoms with Crippen LogP contribution in [0.1, 0.15) is 41.8 Å². The first-order valence-corrected chi connectivity index (χ1v) is 10.7. The molecule has 31 heavy (non-hydrogen) atoms. The van der Waals surface area contributed by atoms with E-state index in [9.17, 15) is 9.90 Å². The number of rotatable bonds is 5. The van der Waals surface area contributed by atoms with Crippen LogP contribution in [0.3, 0.4) is 0 Å². The molecule has 0 aliphatic carbocycles. The van der Waals surface area contributed by atoms with E-state index >= 15 is 0 Å². The summed E-state index contributed by atoms with van der Waals surface area (Å²) in [7, 11) is 3.15. The molecule has 2 unspecified atom stereocenters.